The summed E-state index contributed by atoms with van der Waals surface area (Å²) in [6.07, 6.45) is -0.229. The van der Waals surface area contributed by atoms with Gasteiger partial charge in [0.15, 0.2) is 0 Å². The second-order valence-corrected chi connectivity index (χ2v) is 8.33. The summed E-state index contributed by atoms with van der Waals surface area (Å²) in [6.45, 7) is 15.6. The fraction of sp³-hybridized carbons (Fsp3) is 0.667. The van der Waals surface area contributed by atoms with Gasteiger partial charge in [-0.3, -0.25) is 4.90 Å². The predicted molar refractivity (Wildman–Crippen MR) is 108 cm³/mol. The first-order valence-electron chi connectivity index (χ1n) is 10.0. The van der Waals surface area contributed by atoms with Crippen LogP contribution in [0.5, 0.6) is 5.75 Å². The number of benzene rings is 1. The molecule has 0 saturated carbocycles. The number of rotatable bonds is 3. The number of nitrogens with zero attached hydrogens (tertiary/aromatic N) is 3. The Hall–Kier alpha value is -1.95. The summed E-state index contributed by atoms with van der Waals surface area (Å²) in [7, 11) is 0. The van der Waals surface area contributed by atoms with Crippen LogP contribution in [0.1, 0.15) is 40.2 Å². The molecule has 0 bridgehead atoms. The number of carbonyl (C=O) groups is 1. The molecule has 0 aliphatic carbocycles. The van der Waals surface area contributed by atoms with E-state index in [0.29, 0.717) is 19.7 Å². The quantitative estimate of drug-likeness (QED) is 0.811. The standard InChI is InChI=1S/C21H33N3O3/c1-6-22(7-2)17-9-8-16-13-23-10-11-24(20(25)27-21(3,4)5)14-18(23)15-26-19(16)12-17/h8-9,12,18H,6-7,10-11,13-15H2,1-5H3. The average molecular weight is 376 g/mol. The Kier molecular flexibility index (Phi) is 5.84. The van der Waals surface area contributed by atoms with Gasteiger partial charge in [0.1, 0.15) is 18.0 Å². The molecule has 150 valence electrons. The lowest BCUT2D eigenvalue weighted by Crippen LogP contribution is -2.56. The number of anilines is 1. The van der Waals surface area contributed by atoms with Crippen LogP contribution in [0.3, 0.4) is 0 Å². The Morgan fingerprint density at radius 3 is 2.67 bits per heavy atom. The van der Waals surface area contributed by atoms with Gasteiger partial charge in [0.25, 0.3) is 0 Å². The lowest BCUT2D eigenvalue weighted by atomic mass is 10.1. The van der Waals surface area contributed by atoms with E-state index in [4.69, 9.17) is 9.47 Å². The molecule has 1 atom stereocenters. The lowest BCUT2D eigenvalue weighted by Gasteiger charge is -2.40. The van der Waals surface area contributed by atoms with E-state index in [-0.39, 0.29) is 12.1 Å². The highest BCUT2D eigenvalue weighted by Crippen LogP contribution is 2.31. The van der Waals surface area contributed by atoms with Gasteiger partial charge in [0.2, 0.25) is 0 Å². The number of fused-ring (bicyclic) bond motifs is 2. The number of piperazine rings is 1. The zero-order chi connectivity index (χ0) is 19.6. The van der Waals surface area contributed by atoms with E-state index >= 15 is 0 Å². The molecule has 6 heteroatoms. The van der Waals surface area contributed by atoms with Crippen LogP contribution in [0.2, 0.25) is 0 Å². The minimum atomic E-state index is -0.467. The van der Waals surface area contributed by atoms with E-state index in [0.717, 1.165) is 31.9 Å². The molecule has 1 saturated heterocycles. The predicted octanol–water partition coefficient (Wildman–Crippen LogP) is 3.35. The SMILES string of the molecule is CCN(CC)c1ccc2c(c1)OCC1CN(C(=O)OC(C)(C)C)CCN1C2. The van der Waals surface area contributed by atoms with Crippen molar-refractivity contribution in [1.29, 1.82) is 0 Å². The van der Waals surface area contributed by atoms with Gasteiger partial charge in [0.05, 0.1) is 6.04 Å². The molecule has 1 amide bonds. The lowest BCUT2D eigenvalue weighted by molar-refractivity contribution is -0.00154. The van der Waals surface area contributed by atoms with Gasteiger partial charge in [-0.15, -0.1) is 0 Å². The molecule has 0 spiro atoms. The summed E-state index contributed by atoms with van der Waals surface area (Å²) in [5.41, 5.74) is 1.96. The molecule has 0 N–H and O–H groups in total. The fourth-order valence-corrected chi connectivity index (χ4v) is 3.75. The molecule has 1 fully saturated rings. The molecular formula is C21H33N3O3. The van der Waals surface area contributed by atoms with E-state index in [1.54, 1.807) is 0 Å². The van der Waals surface area contributed by atoms with E-state index < -0.39 is 5.60 Å². The van der Waals surface area contributed by atoms with E-state index in [1.165, 1.54) is 11.3 Å². The van der Waals surface area contributed by atoms with Crippen molar-refractivity contribution in [3.05, 3.63) is 23.8 Å². The molecule has 6 nitrogen and oxygen atoms in total. The molecule has 2 aliphatic heterocycles. The van der Waals surface area contributed by atoms with Crippen LogP contribution in [-0.4, -0.2) is 66.9 Å². The summed E-state index contributed by atoms with van der Waals surface area (Å²) in [5.74, 6) is 0.970. The van der Waals surface area contributed by atoms with Crippen molar-refractivity contribution in [2.24, 2.45) is 0 Å². The Labute approximate surface area is 163 Å². The Morgan fingerprint density at radius 2 is 2.00 bits per heavy atom. The van der Waals surface area contributed by atoms with Crippen molar-refractivity contribution >= 4 is 11.8 Å². The molecular weight excluding hydrogens is 342 g/mol. The summed E-state index contributed by atoms with van der Waals surface area (Å²) in [5, 5.41) is 0. The Bertz CT molecular complexity index is 667. The minimum absolute atomic E-state index is 0.190. The molecule has 1 aromatic rings. The second-order valence-electron chi connectivity index (χ2n) is 8.33. The average Bonchev–Trinajstić information content (AvgIpc) is 2.79. The first kappa shape index (κ1) is 19.8. The van der Waals surface area contributed by atoms with Crippen LogP contribution in [0.4, 0.5) is 10.5 Å². The van der Waals surface area contributed by atoms with E-state index in [2.05, 4.69) is 41.8 Å². The monoisotopic (exact) mass is 375 g/mol. The molecule has 1 unspecified atom stereocenters. The van der Waals surface area contributed by atoms with Gasteiger partial charge in [0, 0.05) is 56.6 Å². The molecule has 1 aromatic carbocycles. The van der Waals surface area contributed by atoms with Gasteiger partial charge >= 0.3 is 6.09 Å². The Morgan fingerprint density at radius 1 is 1.26 bits per heavy atom. The maximum atomic E-state index is 12.4. The van der Waals surface area contributed by atoms with E-state index in [1.807, 2.05) is 25.7 Å². The van der Waals surface area contributed by atoms with Crippen molar-refractivity contribution in [2.75, 3.05) is 44.2 Å². The maximum absolute atomic E-state index is 12.4. The van der Waals surface area contributed by atoms with Gasteiger partial charge < -0.3 is 19.3 Å². The molecule has 2 heterocycles. The van der Waals surface area contributed by atoms with Crippen molar-refractivity contribution in [1.82, 2.24) is 9.80 Å². The number of carbonyl (C=O) groups excluding carboxylic acids is 1. The minimum Gasteiger partial charge on any atom is -0.491 e. The van der Waals surface area contributed by atoms with Gasteiger partial charge in [-0.25, -0.2) is 4.79 Å². The zero-order valence-electron chi connectivity index (χ0n) is 17.3. The number of hydrogen-bond acceptors (Lipinski definition) is 5. The Balaban J connectivity index is 1.69. The summed E-state index contributed by atoms with van der Waals surface area (Å²) in [6, 6.07) is 6.72. The molecule has 0 radical (unpaired) electrons. The van der Waals surface area contributed by atoms with Crippen LogP contribution in [0, 0.1) is 0 Å². The fourth-order valence-electron chi connectivity index (χ4n) is 3.75. The van der Waals surface area contributed by atoms with Crippen molar-refractivity contribution in [3.63, 3.8) is 0 Å². The normalized spacial score (nSPS) is 20.2. The maximum Gasteiger partial charge on any atom is 0.410 e. The summed E-state index contributed by atoms with van der Waals surface area (Å²) < 4.78 is 11.7. The van der Waals surface area contributed by atoms with Crippen molar-refractivity contribution < 1.29 is 14.3 Å². The highest BCUT2D eigenvalue weighted by atomic mass is 16.6. The molecule has 0 aromatic heterocycles. The number of amides is 1. The summed E-state index contributed by atoms with van der Waals surface area (Å²) in [4.78, 5) is 19.0. The zero-order valence-corrected chi connectivity index (χ0v) is 17.3. The topological polar surface area (TPSA) is 45.3 Å². The molecule has 2 aliphatic rings. The van der Waals surface area contributed by atoms with Gasteiger partial charge in [-0.05, 0) is 40.7 Å². The highest BCUT2D eigenvalue weighted by Gasteiger charge is 2.34. The van der Waals surface area contributed by atoms with Gasteiger partial charge in [-0.2, -0.15) is 0 Å². The number of ether oxygens (including phenoxy) is 2. The van der Waals surface area contributed by atoms with Gasteiger partial charge in [-0.1, -0.05) is 6.07 Å². The van der Waals surface area contributed by atoms with Crippen LogP contribution in [0.25, 0.3) is 0 Å². The first-order chi connectivity index (χ1) is 12.8. The third-order valence-electron chi connectivity index (χ3n) is 5.24. The van der Waals surface area contributed by atoms with Crippen molar-refractivity contribution in [3.8, 4) is 5.75 Å². The highest BCUT2D eigenvalue weighted by molar-refractivity contribution is 5.68. The third kappa shape index (κ3) is 4.67. The molecule has 3 rings (SSSR count). The largest absolute Gasteiger partial charge is 0.491 e. The number of hydrogen-bond donors (Lipinski definition) is 0. The van der Waals surface area contributed by atoms with Crippen LogP contribution in [0.15, 0.2) is 18.2 Å². The first-order valence-corrected chi connectivity index (χ1v) is 10.0. The van der Waals surface area contributed by atoms with Crippen LogP contribution >= 0.6 is 0 Å². The third-order valence-corrected chi connectivity index (χ3v) is 5.24. The van der Waals surface area contributed by atoms with Crippen LogP contribution < -0.4 is 9.64 Å². The van der Waals surface area contributed by atoms with Crippen LogP contribution in [-0.2, 0) is 11.3 Å². The summed E-state index contributed by atoms with van der Waals surface area (Å²) >= 11 is 0. The second kappa shape index (κ2) is 7.97. The van der Waals surface area contributed by atoms with E-state index in [9.17, 15) is 4.79 Å². The smallest absolute Gasteiger partial charge is 0.410 e. The molecule has 27 heavy (non-hydrogen) atoms. The van der Waals surface area contributed by atoms with Crippen molar-refractivity contribution in [2.45, 2.75) is 52.8 Å².